The number of nitrogens with one attached hydrogen (secondary N) is 1. The van der Waals surface area contributed by atoms with Crippen LogP contribution in [0.4, 0.5) is 5.69 Å². The van der Waals surface area contributed by atoms with Crippen LogP contribution >= 0.6 is 15.9 Å². The third-order valence-corrected chi connectivity index (χ3v) is 5.24. The molecular weight excluding hydrogens is 428 g/mol. The summed E-state index contributed by atoms with van der Waals surface area (Å²) >= 11 is 3.39. The Morgan fingerprint density at radius 3 is 2.03 bits per heavy atom. The van der Waals surface area contributed by atoms with E-state index >= 15 is 0 Å². The Hall–Kier alpha value is -2.58. The maximum atomic E-state index is 12.7. The number of carbonyl (C=O) groups excluding carboxylic acids is 1. The summed E-state index contributed by atoms with van der Waals surface area (Å²) in [6.45, 7) is 12.1. The summed E-state index contributed by atoms with van der Waals surface area (Å²) in [5, 5.41) is 23.2. The molecule has 2 rings (SSSR count). The number of phenols is 1. The molecule has 0 atom stereocenters. The lowest BCUT2D eigenvalue weighted by Crippen LogP contribution is -2.18. The van der Waals surface area contributed by atoms with Crippen LogP contribution in [0.25, 0.3) is 6.08 Å². The predicted octanol–water partition coefficient (Wildman–Crippen LogP) is 6.30. The Labute approximate surface area is 181 Å². The zero-order valence-electron chi connectivity index (χ0n) is 17.7. The highest BCUT2D eigenvalue weighted by molar-refractivity contribution is 9.10. The average Bonchev–Trinajstić information content (AvgIpc) is 2.60. The van der Waals surface area contributed by atoms with E-state index in [1.54, 1.807) is 18.2 Å². The van der Waals surface area contributed by atoms with Crippen molar-refractivity contribution in [3.05, 3.63) is 63.1 Å². The number of carbonyl (C=O) groups is 1. The van der Waals surface area contributed by atoms with Crippen LogP contribution in [0, 0.1) is 11.3 Å². The molecule has 4 nitrogen and oxygen atoms in total. The molecule has 0 bridgehead atoms. The first-order valence-corrected chi connectivity index (χ1v) is 10.2. The van der Waals surface area contributed by atoms with Crippen molar-refractivity contribution in [1.82, 2.24) is 0 Å². The van der Waals surface area contributed by atoms with Crippen LogP contribution in [-0.4, -0.2) is 11.0 Å². The van der Waals surface area contributed by atoms with Crippen molar-refractivity contribution in [3.63, 3.8) is 0 Å². The molecule has 0 spiro atoms. The number of nitrogens with zero attached hydrogens (tertiary/aromatic N) is 1. The van der Waals surface area contributed by atoms with Gasteiger partial charge in [-0.2, -0.15) is 5.26 Å². The fraction of sp³-hybridized carbons (Fsp3) is 0.333. The molecule has 0 fully saturated rings. The molecule has 0 heterocycles. The lowest BCUT2D eigenvalue weighted by molar-refractivity contribution is -0.112. The van der Waals surface area contributed by atoms with Crippen molar-refractivity contribution in [2.24, 2.45) is 0 Å². The smallest absolute Gasteiger partial charge is 0.266 e. The van der Waals surface area contributed by atoms with Crippen LogP contribution in [0.5, 0.6) is 5.75 Å². The van der Waals surface area contributed by atoms with Gasteiger partial charge in [-0.1, -0.05) is 53.7 Å². The zero-order chi connectivity index (χ0) is 22.0. The van der Waals surface area contributed by atoms with Crippen LogP contribution in [0.15, 0.2) is 46.4 Å². The van der Waals surface area contributed by atoms with Gasteiger partial charge in [0.2, 0.25) is 0 Å². The van der Waals surface area contributed by atoms with E-state index in [9.17, 15) is 15.2 Å². The number of phenolic OH excluding ortho intramolecular Hbond substituents is 1. The molecule has 0 unspecified atom stereocenters. The molecule has 29 heavy (non-hydrogen) atoms. The van der Waals surface area contributed by atoms with Gasteiger partial charge in [0.25, 0.3) is 5.91 Å². The Balaban J connectivity index is 2.54. The zero-order valence-corrected chi connectivity index (χ0v) is 19.3. The molecule has 0 aliphatic carbocycles. The number of nitriles is 1. The van der Waals surface area contributed by atoms with E-state index in [4.69, 9.17) is 0 Å². The Bertz CT molecular complexity index is 968. The van der Waals surface area contributed by atoms with Gasteiger partial charge < -0.3 is 10.4 Å². The number of amides is 1. The van der Waals surface area contributed by atoms with Gasteiger partial charge in [0.15, 0.2) is 0 Å². The number of benzene rings is 2. The fourth-order valence-corrected chi connectivity index (χ4v) is 3.33. The molecule has 0 saturated carbocycles. The van der Waals surface area contributed by atoms with Crippen LogP contribution in [0.1, 0.15) is 58.2 Å². The van der Waals surface area contributed by atoms with Gasteiger partial charge in [0, 0.05) is 15.6 Å². The van der Waals surface area contributed by atoms with Crippen molar-refractivity contribution in [3.8, 4) is 11.8 Å². The average molecular weight is 455 g/mol. The molecule has 152 valence electrons. The number of anilines is 1. The Morgan fingerprint density at radius 1 is 1.07 bits per heavy atom. The maximum Gasteiger partial charge on any atom is 0.266 e. The van der Waals surface area contributed by atoms with Crippen LogP contribution in [0.3, 0.4) is 0 Å². The van der Waals surface area contributed by atoms with Gasteiger partial charge >= 0.3 is 0 Å². The molecule has 0 saturated heterocycles. The van der Waals surface area contributed by atoms with E-state index < -0.39 is 5.91 Å². The Morgan fingerprint density at radius 2 is 1.59 bits per heavy atom. The van der Waals surface area contributed by atoms with Crippen molar-refractivity contribution in [2.75, 3.05) is 5.32 Å². The molecule has 0 aromatic heterocycles. The predicted molar refractivity (Wildman–Crippen MR) is 122 cm³/mol. The monoisotopic (exact) mass is 454 g/mol. The highest BCUT2D eigenvalue weighted by atomic mass is 79.9. The summed E-state index contributed by atoms with van der Waals surface area (Å²) in [7, 11) is 0. The van der Waals surface area contributed by atoms with Gasteiger partial charge in [0.1, 0.15) is 17.4 Å². The minimum absolute atomic E-state index is 0.00818. The van der Waals surface area contributed by atoms with Gasteiger partial charge in [-0.25, -0.2) is 0 Å². The Kier molecular flexibility index (Phi) is 6.60. The normalized spacial score (nSPS) is 12.4. The van der Waals surface area contributed by atoms with Crippen molar-refractivity contribution in [1.29, 1.82) is 5.26 Å². The molecule has 0 aliphatic rings. The maximum absolute atomic E-state index is 12.7. The van der Waals surface area contributed by atoms with Gasteiger partial charge in [0.05, 0.1) is 5.69 Å². The SMILES string of the molecule is CC(C)(C)c1cc(/C=C(\C#N)C(=O)Nc2ccccc2Br)cc(C(C)(C)C)c1O. The minimum atomic E-state index is -0.484. The van der Waals surface area contributed by atoms with E-state index in [2.05, 4.69) is 21.2 Å². The summed E-state index contributed by atoms with van der Waals surface area (Å²) < 4.78 is 0.736. The molecule has 1 amide bonds. The minimum Gasteiger partial charge on any atom is -0.507 e. The fourth-order valence-electron chi connectivity index (χ4n) is 2.95. The summed E-state index contributed by atoms with van der Waals surface area (Å²) in [5.74, 6) is -0.222. The van der Waals surface area contributed by atoms with E-state index in [0.717, 1.165) is 15.6 Å². The van der Waals surface area contributed by atoms with Gasteiger partial charge in [-0.3, -0.25) is 4.79 Å². The summed E-state index contributed by atoms with van der Waals surface area (Å²) in [6, 6.07) is 12.9. The highest BCUT2D eigenvalue weighted by Gasteiger charge is 2.26. The lowest BCUT2D eigenvalue weighted by atomic mass is 9.78. The van der Waals surface area contributed by atoms with E-state index in [1.165, 1.54) is 0 Å². The number of hydrogen-bond acceptors (Lipinski definition) is 3. The molecular formula is C24H27BrN2O2. The van der Waals surface area contributed by atoms with E-state index in [0.29, 0.717) is 11.3 Å². The molecule has 0 aliphatic heterocycles. The lowest BCUT2D eigenvalue weighted by Gasteiger charge is -2.28. The number of aromatic hydroxyl groups is 1. The molecule has 2 aromatic rings. The second-order valence-corrected chi connectivity index (χ2v) is 9.92. The van der Waals surface area contributed by atoms with Crippen molar-refractivity contribution in [2.45, 2.75) is 52.4 Å². The van der Waals surface area contributed by atoms with Crippen LogP contribution in [0.2, 0.25) is 0 Å². The number of rotatable bonds is 3. The summed E-state index contributed by atoms with van der Waals surface area (Å²) in [5.41, 5.74) is 2.26. The number of para-hydroxylation sites is 1. The van der Waals surface area contributed by atoms with E-state index in [1.807, 2.05) is 71.9 Å². The van der Waals surface area contributed by atoms with E-state index in [-0.39, 0.29) is 22.2 Å². The van der Waals surface area contributed by atoms with Crippen molar-refractivity contribution < 1.29 is 9.90 Å². The topological polar surface area (TPSA) is 73.1 Å². The largest absolute Gasteiger partial charge is 0.507 e. The van der Waals surface area contributed by atoms with Gasteiger partial charge in [-0.15, -0.1) is 0 Å². The van der Waals surface area contributed by atoms with Crippen LogP contribution < -0.4 is 5.32 Å². The molecule has 2 aromatic carbocycles. The second kappa shape index (κ2) is 8.42. The summed E-state index contributed by atoms with van der Waals surface area (Å²) in [4.78, 5) is 12.7. The molecule has 0 radical (unpaired) electrons. The number of hydrogen-bond donors (Lipinski definition) is 2. The first kappa shape index (κ1) is 22.7. The summed E-state index contributed by atoms with van der Waals surface area (Å²) in [6.07, 6.45) is 1.57. The van der Waals surface area contributed by atoms with Gasteiger partial charge in [-0.05, 0) is 62.7 Å². The highest BCUT2D eigenvalue weighted by Crippen LogP contribution is 2.40. The quantitative estimate of drug-likeness (QED) is 0.422. The third kappa shape index (κ3) is 5.48. The number of halogens is 1. The first-order chi connectivity index (χ1) is 13.3. The molecule has 5 heteroatoms. The second-order valence-electron chi connectivity index (χ2n) is 9.07. The molecule has 2 N–H and O–H groups in total. The van der Waals surface area contributed by atoms with Crippen LogP contribution in [-0.2, 0) is 15.6 Å². The first-order valence-electron chi connectivity index (χ1n) is 9.40. The van der Waals surface area contributed by atoms with Crippen molar-refractivity contribution >= 4 is 33.6 Å². The standard InChI is InChI=1S/C24H27BrN2O2/c1-23(2,3)17-12-15(13-18(21(17)28)24(4,5)6)11-16(14-26)22(29)27-20-10-8-7-9-19(20)25/h7-13,28H,1-6H3,(H,27,29)/b16-11+. The third-order valence-electron chi connectivity index (χ3n) is 4.55.